The molecule has 2 rings (SSSR count). The Morgan fingerprint density at radius 3 is 2.70 bits per heavy atom. The normalized spacial score (nSPS) is 28.6. The summed E-state index contributed by atoms with van der Waals surface area (Å²) in [7, 11) is 0. The minimum atomic E-state index is -0.355. The van der Waals surface area contributed by atoms with Crippen LogP contribution in [0.2, 0.25) is 0 Å². The Balaban J connectivity index is 1.95. The van der Waals surface area contributed by atoms with Crippen LogP contribution < -0.4 is 10.5 Å². The van der Waals surface area contributed by atoms with Crippen molar-refractivity contribution in [2.24, 2.45) is 16.6 Å². The molecule has 3 nitrogen and oxygen atoms in total. The average Bonchev–Trinajstić information content (AvgIpc) is 2.63. The molecule has 20 heavy (non-hydrogen) atoms. The van der Waals surface area contributed by atoms with E-state index in [-0.39, 0.29) is 16.9 Å². The van der Waals surface area contributed by atoms with Gasteiger partial charge in [0.15, 0.2) is 0 Å². The maximum Gasteiger partial charge on any atom is 0.120 e. The number of halogens is 1. The van der Waals surface area contributed by atoms with Crippen LogP contribution in [0.4, 0.5) is 0 Å². The number of aliphatic hydroxyl groups is 1. The maximum absolute atomic E-state index is 10.6. The van der Waals surface area contributed by atoms with Gasteiger partial charge in [0.2, 0.25) is 0 Å². The second-order valence-corrected chi connectivity index (χ2v) is 7.43. The van der Waals surface area contributed by atoms with Crippen LogP contribution in [0.3, 0.4) is 0 Å². The molecular weight excluding hydrogens is 318 g/mol. The van der Waals surface area contributed by atoms with Gasteiger partial charge in [0, 0.05) is 16.4 Å². The van der Waals surface area contributed by atoms with Crippen LogP contribution in [-0.2, 0) is 0 Å². The Bertz CT molecular complexity index is 464. The van der Waals surface area contributed by atoms with E-state index in [0.29, 0.717) is 13.2 Å². The second kappa shape index (κ2) is 6.04. The molecule has 1 aliphatic rings. The summed E-state index contributed by atoms with van der Waals surface area (Å²) in [5.41, 5.74) is 5.72. The summed E-state index contributed by atoms with van der Waals surface area (Å²) in [6, 6.07) is 7.81. The van der Waals surface area contributed by atoms with E-state index in [1.54, 1.807) is 0 Å². The molecule has 112 valence electrons. The van der Waals surface area contributed by atoms with Crippen LogP contribution in [0.25, 0.3) is 0 Å². The third kappa shape index (κ3) is 3.18. The molecule has 1 aliphatic carbocycles. The predicted molar refractivity (Wildman–Crippen MR) is 84.8 cm³/mol. The molecule has 2 unspecified atom stereocenters. The first-order valence-corrected chi connectivity index (χ1v) is 7.95. The fraction of sp³-hybridized carbons (Fsp3) is 0.625. The first-order valence-electron chi connectivity index (χ1n) is 7.16. The van der Waals surface area contributed by atoms with Gasteiger partial charge in [-0.25, -0.2) is 0 Å². The van der Waals surface area contributed by atoms with Crippen LogP contribution in [0.5, 0.6) is 5.75 Å². The largest absolute Gasteiger partial charge is 0.494 e. The van der Waals surface area contributed by atoms with E-state index in [9.17, 15) is 5.11 Å². The topological polar surface area (TPSA) is 55.5 Å². The SMILES string of the molecule is CC1(C)CCC(CN)(CCOc2cccc(Br)c2)C1O. The van der Waals surface area contributed by atoms with Gasteiger partial charge in [0.05, 0.1) is 12.7 Å². The third-order valence-corrected chi connectivity index (χ3v) is 5.15. The van der Waals surface area contributed by atoms with Crippen molar-refractivity contribution in [3.8, 4) is 5.75 Å². The summed E-state index contributed by atoms with van der Waals surface area (Å²) >= 11 is 3.43. The van der Waals surface area contributed by atoms with Gasteiger partial charge in [-0.05, 0) is 42.9 Å². The molecule has 1 fully saturated rings. The number of hydrogen-bond acceptors (Lipinski definition) is 3. The standard InChI is InChI=1S/C16H24BrNO2/c1-15(2)6-7-16(11-18,14(15)19)8-9-20-13-5-3-4-12(17)10-13/h3-5,10,14,19H,6-9,11,18H2,1-2H3. The van der Waals surface area contributed by atoms with Crippen molar-refractivity contribution in [2.75, 3.05) is 13.2 Å². The van der Waals surface area contributed by atoms with Crippen molar-refractivity contribution in [1.82, 2.24) is 0 Å². The minimum absolute atomic E-state index is 0.0465. The van der Waals surface area contributed by atoms with Crippen LogP contribution in [0.1, 0.15) is 33.1 Å². The minimum Gasteiger partial charge on any atom is -0.494 e. The predicted octanol–water partition coefficient (Wildman–Crippen LogP) is 3.34. The molecule has 0 bridgehead atoms. The Hall–Kier alpha value is -0.580. The van der Waals surface area contributed by atoms with Gasteiger partial charge >= 0.3 is 0 Å². The number of rotatable bonds is 5. The van der Waals surface area contributed by atoms with E-state index in [2.05, 4.69) is 29.8 Å². The third-order valence-electron chi connectivity index (χ3n) is 4.66. The fourth-order valence-corrected chi connectivity index (χ4v) is 3.56. The van der Waals surface area contributed by atoms with Crippen molar-refractivity contribution >= 4 is 15.9 Å². The quantitative estimate of drug-likeness (QED) is 0.863. The first kappa shape index (κ1) is 15.8. The lowest BCUT2D eigenvalue weighted by molar-refractivity contribution is -0.0147. The maximum atomic E-state index is 10.6. The molecule has 0 aromatic heterocycles. The average molecular weight is 342 g/mol. The molecule has 0 amide bonds. The molecule has 3 N–H and O–H groups in total. The van der Waals surface area contributed by atoms with Gasteiger partial charge in [-0.2, -0.15) is 0 Å². The number of hydrogen-bond donors (Lipinski definition) is 2. The molecule has 1 aromatic rings. The highest BCUT2D eigenvalue weighted by molar-refractivity contribution is 9.10. The van der Waals surface area contributed by atoms with Gasteiger partial charge < -0.3 is 15.6 Å². The highest BCUT2D eigenvalue weighted by Crippen LogP contribution is 2.50. The number of ether oxygens (including phenoxy) is 1. The van der Waals surface area contributed by atoms with E-state index in [1.807, 2.05) is 24.3 Å². The highest BCUT2D eigenvalue weighted by atomic mass is 79.9. The Kier molecular flexibility index (Phi) is 4.77. The van der Waals surface area contributed by atoms with E-state index >= 15 is 0 Å². The van der Waals surface area contributed by atoms with Gasteiger partial charge in [0.25, 0.3) is 0 Å². The summed E-state index contributed by atoms with van der Waals surface area (Å²) in [6.07, 6.45) is 2.42. The monoisotopic (exact) mass is 341 g/mol. The lowest BCUT2D eigenvalue weighted by Crippen LogP contribution is -2.43. The van der Waals surface area contributed by atoms with Crippen LogP contribution >= 0.6 is 15.9 Å². The zero-order chi connectivity index (χ0) is 14.8. The van der Waals surface area contributed by atoms with Crippen LogP contribution in [-0.4, -0.2) is 24.4 Å². The molecule has 2 atom stereocenters. The van der Waals surface area contributed by atoms with E-state index < -0.39 is 0 Å². The summed E-state index contributed by atoms with van der Waals surface area (Å²) in [4.78, 5) is 0. The van der Waals surface area contributed by atoms with Gasteiger partial charge in [-0.15, -0.1) is 0 Å². The first-order chi connectivity index (χ1) is 9.39. The van der Waals surface area contributed by atoms with Crippen molar-refractivity contribution < 1.29 is 9.84 Å². The number of aliphatic hydroxyl groups excluding tert-OH is 1. The van der Waals surface area contributed by atoms with E-state index in [1.165, 1.54) is 0 Å². The smallest absolute Gasteiger partial charge is 0.120 e. The van der Waals surface area contributed by atoms with E-state index in [0.717, 1.165) is 29.5 Å². The van der Waals surface area contributed by atoms with Crippen molar-refractivity contribution in [2.45, 2.75) is 39.2 Å². The van der Waals surface area contributed by atoms with Crippen LogP contribution in [0.15, 0.2) is 28.7 Å². The highest BCUT2D eigenvalue weighted by Gasteiger charge is 2.50. The van der Waals surface area contributed by atoms with Crippen molar-refractivity contribution in [3.05, 3.63) is 28.7 Å². The zero-order valence-electron chi connectivity index (χ0n) is 12.2. The summed E-state index contributed by atoms with van der Waals surface area (Å²) in [5.74, 6) is 0.846. The molecule has 0 radical (unpaired) electrons. The number of nitrogens with two attached hydrogens (primary N) is 1. The van der Waals surface area contributed by atoms with Gasteiger partial charge in [-0.3, -0.25) is 0 Å². The van der Waals surface area contributed by atoms with Crippen molar-refractivity contribution in [3.63, 3.8) is 0 Å². The lowest BCUT2D eigenvalue weighted by atomic mass is 9.76. The summed E-state index contributed by atoms with van der Waals surface area (Å²) in [5, 5.41) is 10.6. The second-order valence-electron chi connectivity index (χ2n) is 6.51. The molecule has 0 heterocycles. The lowest BCUT2D eigenvalue weighted by Gasteiger charge is -2.35. The molecular formula is C16H24BrNO2. The van der Waals surface area contributed by atoms with E-state index in [4.69, 9.17) is 10.5 Å². The Morgan fingerprint density at radius 1 is 1.40 bits per heavy atom. The molecule has 0 saturated heterocycles. The van der Waals surface area contributed by atoms with Crippen LogP contribution in [0, 0.1) is 10.8 Å². The number of benzene rings is 1. The van der Waals surface area contributed by atoms with Crippen molar-refractivity contribution in [1.29, 1.82) is 0 Å². The molecule has 4 heteroatoms. The Morgan fingerprint density at radius 2 is 2.15 bits per heavy atom. The fourth-order valence-electron chi connectivity index (χ4n) is 3.18. The molecule has 0 spiro atoms. The molecule has 0 aliphatic heterocycles. The zero-order valence-corrected chi connectivity index (χ0v) is 13.8. The van der Waals surface area contributed by atoms with Gasteiger partial charge in [-0.1, -0.05) is 35.8 Å². The summed E-state index contributed by atoms with van der Waals surface area (Å²) in [6.45, 7) is 5.33. The Labute approximate surface area is 129 Å². The molecule has 1 aromatic carbocycles. The summed E-state index contributed by atoms with van der Waals surface area (Å²) < 4.78 is 6.80. The van der Waals surface area contributed by atoms with Gasteiger partial charge in [0.1, 0.15) is 5.75 Å². The molecule has 1 saturated carbocycles.